The third-order valence-electron chi connectivity index (χ3n) is 2.73. The number of hydrogen-bond donors (Lipinski definition) is 2. The maximum Gasteiger partial charge on any atom is 0.241 e. The molecule has 1 aliphatic heterocycles. The second kappa shape index (κ2) is 3.63. The van der Waals surface area contributed by atoms with Gasteiger partial charge in [0.1, 0.15) is 10.8 Å². The summed E-state index contributed by atoms with van der Waals surface area (Å²) in [5, 5.41) is 6.36. The summed E-state index contributed by atoms with van der Waals surface area (Å²) in [6, 6.07) is 0. The van der Waals surface area contributed by atoms with Gasteiger partial charge in [-0.3, -0.25) is 14.7 Å². The number of thiocarbonyl (C=S) groups is 1. The number of carbonyl (C=O) groups excluding carboxylic acids is 2. The van der Waals surface area contributed by atoms with Crippen LogP contribution in [0.25, 0.3) is 0 Å². The molecule has 6 nitrogen and oxygen atoms in total. The highest BCUT2D eigenvalue weighted by molar-refractivity contribution is 7.80. The first kappa shape index (κ1) is 11.7. The maximum atomic E-state index is 12.1. The van der Waals surface area contributed by atoms with Gasteiger partial charge in [-0.2, -0.15) is 5.10 Å². The van der Waals surface area contributed by atoms with Crippen molar-refractivity contribution >= 4 is 34.8 Å². The number of carbonyl (C=O) groups is 2. The van der Waals surface area contributed by atoms with E-state index in [1.807, 2.05) is 0 Å². The van der Waals surface area contributed by atoms with Crippen molar-refractivity contribution in [2.75, 3.05) is 4.90 Å². The molecule has 2 rings (SSSR count). The first-order valence-electron chi connectivity index (χ1n) is 5.05. The molecular weight excluding hydrogens is 240 g/mol. The molecule has 17 heavy (non-hydrogen) atoms. The number of aromatic nitrogens is 2. The molecule has 0 unspecified atom stereocenters. The average Bonchev–Trinajstić information content (AvgIpc) is 2.71. The molecule has 1 aliphatic rings. The molecule has 0 radical (unpaired) electrons. The van der Waals surface area contributed by atoms with Crippen molar-refractivity contribution in [2.45, 2.75) is 20.3 Å². The molecule has 1 aromatic heterocycles. The molecule has 3 N–H and O–H groups in total. The van der Waals surface area contributed by atoms with Crippen molar-refractivity contribution in [1.29, 1.82) is 0 Å². The minimum absolute atomic E-state index is 0.0963. The van der Waals surface area contributed by atoms with Gasteiger partial charge in [-0.1, -0.05) is 26.1 Å². The number of hydrogen-bond acceptors (Lipinski definition) is 4. The molecule has 2 amide bonds. The van der Waals surface area contributed by atoms with Crippen molar-refractivity contribution in [2.24, 2.45) is 11.1 Å². The van der Waals surface area contributed by atoms with E-state index in [2.05, 4.69) is 10.2 Å². The lowest BCUT2D eigenvalue weighted by Gasteiger charge is -2.17. The van der Waals surface area contributed by atoms with E-state index >= 15 is 0 Å². The third kappa shape index (κ3) is 1.72. The summed E-state index contributed by atoms with van der Waals surface area (Å²) in [6.45, 7) is 3.45. The Kier molecular flexibility index (Phi) is 2.50. The van der Waals surface area contributed by atoms with E-state index in [1.165, 1.54) is 6.20 Å². The van der Waals surface area contributed by atoms with E-state index in [9.17, 15) is 9.59 Å². The van der Waals surface area contributed by atoms with Crippen LogP contribution in [-0.4, -0.2) is 27.0 Å². The number of amides is 2. The van der Waals surface area contributed by atoms with E-state index in [4.69, 9.17) is 18.0 Å². The number of H-pyrrole nitrogens is 1. The Morgan fingerprint density at radius 3 is 2.71 bits per heavy atom. The van der Waals surface area contributed by atoms with E-state index in [0.29, 0.717) is 5.56 Å². The highest BCUT2D eigenvalue weighted by atomic mass is 32.1. The SMILES string of the molecule is CC1(C)CC(=O)N(c2[nH]ncc2C(N)=S)C1=O. The summed E-state index contributed by atoms with van der Waals surface area (Å²) < 4.78 is 0. The lowest BCUT2D eigenvalue weighted by Crippen LogP contribution is -2.34. The molecule has 7 heteroatoms. The first-order valence-corrected chi connectivity index (χ1v) is 5.46. The van der Waals surface area contributed by atoms with Crippen molar-refractivity contribution < 1.29 is 9.59 Å². The number of nitrogens with two attached hydrogens (primary N) is 1. The van der Waals surface area contributed by atoms with E-state index in [0.717, 1.165) is 4.90 Å². The Morgan fingerprint density at radius 1 is 1.59 bits per heavy atom. The lowest BCUT2D eigenvalue weighted by atomic mass is 9.92. The zero-order valence-corrected chi connectivity index (χ0v) is 10.3. The van der Waals surface area contributed by atoms with Crippen LogP contribution in [0.4, 0.5) is 5.82 Å². The van der Waals surface area contributed by atoms with Gasteiger partial charge < -0.3 is 5.73 Å². The lowest BCUT2D eigenvalue weighted by molar-refractivity contribution is -0.124. The molecule has 2 heterocycles. The normalized spacial score (nSPS) is 18.8. The molecule has 0 bridgehead atoms. The van der Waals surface area contributed by atoms with Gasteiger partial charge in [0.05, 0.1) is 17.2 Å². The van der Waals surface area contributed by atoms with Gasteiger partial charge in [-0.15, -0.1) is 0 Å². The van der Waals surface area contributed by atoms with Gasteiger partial charge >= 0.3 is 0 Å². The molecule has 90 valence electrons. The highest BCUT2D eigenvalue weighted by Gasteiger charge is 2.46. The van der Waals surface area contributed by atoms with Gasteiger partial charge in [0, 0.05) is 6.42 Å². The fourth-order valence-electron chi connectivity index (χ4n) is 1.81. The van der Waals surface area contributed by atoms with E-state index in [-0.39, 0.29) is 29.0 Å². The summed E-state index contributed by atoms with van der Waals surface area (Å²) in [5.74, 6) is -0.288. The fraction of sp³-hybridized carbons (Fsp3) is 0.400. The zero-order valence-electron chi connectivity index (χ0n) is 9.48. The van der Waals surface area contributed by atoms with Crippen molar-refractivity contribution in [1.82, 2.24) is 10.2 Å². The number of nitrogens with one attached hydrogen (secondary N) is 1. The molecular formula is C10H12N4O2S. The molecule has 1 fully saturated rings. The van der Waals surface area contributed by atoms with Crippen LogP contribution in [0, 0.1) is 5.41 Å². The molecule has 0 aliphatic carbocycles. The summed E-state index contributed by atoms with van der Waals surface area (Å²) in [7, 11) is 0. The number of anilines is 1. The molecule has 1 saturated heterocycles. The molecule has 0 spiro atoms. The maximum absolute atomic E-state index is 12.1. The van der Waals surface area contributed by atoms with Crippen molar-refractivity contribution in [3.63, 3.8) is 0 Å². The number of nitrogens with zero attached hydrogens (tertiary/aromatic N) is 2. The van der Waals surface area contributed by atoms with Crippen molar-refractivity contribution in [3.8, 4) is 0 Å². The highest BCUT2D eigenvalue weighted by Crippen LogP contribution is 2.35. The van der Waals surface area contributed by atoms with Crippen LogP contribution in [-0.2, 0) is 9.59 Å². The number of rotatable bonds is 2. The van der Waals surface area contributed by atoms with Crippen LogP contribution in [0.1, 0.15) is 25.8 Å². The van der Waals surface area contributed by atoms with Crippen LogP contribution in [0.5, 0.6) is 0 Å². The Balaban J connectivity index is 2.48. The van der Waals surface area contributed by atoms with Crippen molar-refractivity contribution in [3.05, 3.63) is 11.8 Å². The van der Waals surface area contributed by atoms with Gasteiger partial charge in [-0.25, -0.2) is 4.90 Å². The van der Waals surface area contributed by atoms with Gasteiger partial charge in [0.25, 0.3) is 0 Å². The van der Waals surface area contributed by atoms with Gasteiger partial charge in [0.15, 0.2) is 0 Å². The predicted molar refractivity (Wildman–Crippen MR) is 65.4 cm³/mol. The largest absolute Gasteiger partial charge is 0.389 e. The fourth-order valence-corrected chi connectivity index (χ4v) is 1.95. The Morgan fingerprint density at radius 2 is 2.24 bits per heavy atom. The standard InChI is InChI=1S/C10H12N4O2S/c1-10(2)3-6(15)14(9(10)16)8-5(7(11)17)4-12-13-8/h4H,3H2,1-2H3,(H2,11,17)(H,12,13). The van der Waals surface area contributed by atoms with E-state index < -0.39 is 5.41 Å². The number of aromatic amines is 1. The summed E-state index contributed by atoms with van der Waals surface area (Å²) in [6.07, 6.45) is 1.57. The van der Waals surface area contributed by atoms with Crippen LogP contribution in [0.15, 0.2) is 6.20 Å². The molecule has 1 aromatic rings. The smallest absolute Gasteiger partial charge is 0.241 e. The summed E-state index contributed by atoms with van der Waals surface area (Å²) >= 11 is 4.84. The van der Waals surface area contributed by atoms with Crippen LogP contribution in [0.3, 0.4) is 0 Å². The second-order valence-electron chi connectivity index (χ2n) is 4.59. The minimum atomic E-state index is -0.699. The number of imide groups is 1. The van der Waals surface area contributed by atoms with Crippen LogP contribution < -0.4 is 10.6 Å². The molecule has 0 saturated carbocycles. The third-order valence-corrected chi connectivity index (χ3v) is 2.95. The van der Waals surface area contributed by atoms with Gasteiger partial charge in [-0.05, 0) is 0 Å². The first-order chi connectivity index (χ1) is 7.84. The molecule has 0 atom stereocenters. The summed E-state index contributed by atoms with van der Waals surface area (Å²) in [5.41, 5.74) is 5.21. The minimum Gasteiger partial charge on any atom is -0.389 e. The summed E-state index contributed by atoms with van der Waals surface area (Å²) in [4.78, 5) is 25.1. The zero-order chi connectivity index (χ0) is 12.8. The van der Waals surface area contributed by atoms with Gasteiger partial charge in [0.2, 0.25) is 11.8 Å². The Labute approximate surface area is 103 Å². The predicted octanol–water partition coefficient (Wildman–Crippen LogP) is 0.333. The average molecular weight is 252 g/mol. The van der Waals surface area contributed by atoms with E-state index in [1.54, 1.807) is 13.8 Å². The second-order valence-corrected chi connectivity index (χ2v) is 5.03. The Bertz CT molecular complexity index is 520. The monoisotopic (exact) mass is 252 g/mol. The van der Waals surface area contributed by atoms with Crippen LogP contribution >= 0.6 is 12.2 Å². The quantitative estimate of drug-likeness (QED) is 0.584. The topological polar surface area (TPSA) is 92.1 Å². The Hall–Kier alpha value is -1.76. The molecule has 0 aromatic carbocycles. The van der Waals surface area contributed by atoms with Crippen LogP contribution in [0.2, 0.25) is 0 Å².